The lowest BCUT2D eigenvalue weighted by atomic mass is 10.1. The number of hydrogen-bond acceptors (Lipinski definition) is 3. The third kappa shape index (κ3) is 3.02. The second-order valence-electron chi connectivity index (χ2n) is 7.63. The van der Waals surface area contributed by atoms with Gasteiger partial charge < -0.3 is 4.90 Å². The Morgan fingerprint density at radius 2 is 1.78 bits per heavy atom. The summed E-state index contributed by atoms with van der Waals surface area (Å²) in [7, 11) is 0. The van der Waals surface area contributed by atoms with Crippen molar-refractivity contribution < 1.29 is 4.79 Å². The van der Waals surface area contributed by atoms with Crippen molar-refractivity contribution in [3.8, 4) is 11.3 Å². The van der Waals surface area contributed by atoms with Crippen LogP contribution < -0.4 is 0 Å². The molecular weight excluding hydrogens is 336 g/mol. The summed E-state index contributed by atoms with van der Waals surface area (Å²) in [5, 5.41) is 8.62. The van der Waals surface area contributed by atoms with Gasteiger partial charge in [0.25, 0.3) is 5.91 Å². The van der Waals surface area contributed by atoms with Gasteiger partial charge in [-0.05, 0) is 50.6 Å². The molecule has 0 radical (unpaired) electrons. The molecule has 5 rings (SSSR count). The van der Waals surface area contributed by atoms with Gasteiger partial charge in [0.1, 0.15) is 0 Å². The molecule has 2 saturated heterocycles. The van der Waals surface area contributed by atoms with Crippen LogP contribution in [0.3, 0.4) is 0 Å². The van der Waals surface area contributed by atoms with E-state index in [-0.39, 0.29) is 5.91 Å². The molecule has 0 unspecified atom stereocenters. The molecule has 2 fully saturated rings. The molecule has 1 amide bonds. The van der Waals surface area contributed by atoms with Crippen LogP contribution >= 0.6 is 0 Å². The van der Waals surface area contributed by atoms with E-state index >= 15 is 0 Å². The van der Waals surface area contributed by atoms with Crippen LogP contribution in [0, 0.1) is 0 Å². The molecule has 3 aromatic rings. The standard InChI is InChI=1S/C22H24N4O/c27-22(26-14-11-18(15-26)25-12-3-4-13-25)17-9-7-16(8-10-17)21-19-5-1-2-6-20(19)23-24-21/h1-2,5-10,18H,3-4,11-15H2,(H,23,24)/t18-/m0/s1. The lowest BCUT2D eigenvalue weighted by Crippen LogP contribution is -2.37. The molecule has 1 aromatic heterocycles. The second-order valence-corrected chi connectivity index (χ2v) is 7.63. The summed E-state index contributed by atoms with van der Waals surface area (Å²) in [6, 6.07) is 16.5. The number of aromatic amines is 1. The number of likely N-dealkylation sites (tertiary alicyclic amines) is 2. The number of carbonyl (C=O) groups excluding carboxylic acids is 1. The van der Waals surface area contributed by atoms with E-state index in [1.165, 1.54) is 25.9 Å². The van der Waals surface area contributed by atoms with Crippen molar-refractivity contribution in [2.75, 3.05) is 26.2 Å². The Kier molecular flexibility index (Phi) is 4.17. The number of nitrogens with zero attached hydrogens (tertiary/aromatic N) is 3. The van der Waals surface area contributed by atoms with Crippen LogP contribution in [0.25, 0.3) is 22.2 Å². The highest BCUT2D eigenvalue weighted by molar-refractivity contribution is 5.96. The Balaban J connectivity index is 1.32. The molecule has 2 aromatic carbocycles. The van der Waals surface area contributed by atoms with Gasteiger partial charge in [0.15, 0.2) is 0 Å². The Hall–Kier alpha value is -2.66. The average Bonchev–Trinajstić information content (AvgIpc) is 3.47. The van der Waals surface area contributed by atoms with E-state index in [1.54, 1.807) is 0 Å². The van der Waals surface area contributed by atoms with Crippen LogP contribution in [0.5, 0.6) is 0 Å². The fraction of sp³-hybridized carbons (Fsp3) is 0.364. The molecule has 0 bridgehead atoms. The predicted molar refractivity (Wildman–Crippen MR) is 107 cm³/mol. The summed E-state index contributed by atoms with van der Waals surface area (Å²) in [4.78, 5) is 17.5. The molecule has 1 N–H and O–H groups in total. The quantitative estimate of drug-likeness (QED) is 0.777. The van der Waals surface area contributed by atoms with Crippen molar-refractivity contribution >= 4 is 16.8 Å². The van der Waals surface area contributed by atoms with Crippen LogP contribution in [-0.2, 0) is 0 Å². The highest BCUT2D eigenvalue weighted by Gasteiger charge is 2.31. The van der Waals surface area contributed by atoms with Gasteiger partial charge in [0.2, 0.25) is 0 Å². The highest BCUT2D eigenvalue weighted by Crippen LogP contribution is 2.27. The molecule has 2 aliphatic rings. The first-order chi connectivity index (χ1) is 13.3. The highest BCUT2D eigenvalue weighted by atomic mass is 16.2. The minimum Gasteiger partial charge on any atom is -0.337 e. The van der Waals surface area contributed by atoms with Gasteiger partial charge in [-0.15, -0.1) is 0 Å². The number of hydrogen-bond donors (Lipinski definition) is 1. The molecule has 27 heavy (non-hydrogen) atoms. The summed E-state index contributed by atoms with van der Waals surface area (Å²) in [5.74, 6) is 0.148. The SMILES string of the molecule is O=C(c1ccc(-c2n[nH]c3ccccc23)cc1)N1CC[C@H](N2CCCC2)C1. The van der Waals surface area contributed by atoms with Crippen LogP contribution in [-0.4, -0.2) is 58.1 Å². The van der Waals surface area contributed by atoms with Gasteiger partial charge in [-0.3, -0.25) is 14.8 Å². The Morgan fingerprint density at radius 3 is 2.59 bits per heavy atom. The molecule has 5 heteroatoms. The Labute approximate surface area is 159 Å². The van der Waals surface area contributed by atoms with Gasteiger partial charge in [-0.1, -0.05) is 30.3 Å². The number of benzene rings is 2. The normalized spacial score (nSPS) is 20.6. The largest absolute Gasteiger partial charge is 0.337 e. The first-order valence-corrected chi connectivity index (χ1v) is 9.86. The van der Waals surface area contributed by atoms with Crippen molar-refractivity contribution in [3.63, 3.8) is 0 Å². The van der Waals surface area contributed by atoms with E-state index in [4.69, 9.17) is 0 Å². The smallest absolute Gasteiger partial charge is 0.253 e. The molecule has 1 atom stereocenters. The zero-order chi connectivity index (χ0) is 18.2. The number of para-hydroxylation sites is 1. The fourth-order valence-electron chi connectivity index (χ4n) is 4.47. The third-order valence-corrected chi connectivity index (χ3v) is 5.98. The molecule has 5 nitrogen and oxygen atoms in total. The van der Waals surface area contributed by atoms with Crippen LogP contribution in [0.4, 0.5) is 0 Å². The van der Waals surface area contributed by atoms with Gasteiger partial charge in [0, 0.05) is 35.6 Å². The van der Waals surface area contributed by atoms with Crippen LogP contribution in [0.1, 0.15) is 29.6 Å². The maximum Gasteiger partial charge on any atom is 0.253 e. The summed E-state index contributed by atoms with van der Waals surface area (Å²) in [6.45, 7) is 4.12. The van der Waals surface area contributed by atoms with Crippen molar-refractivity contribution in [2.45, 2.75) is 25.3 Å². The second kappa shape index (κ2) is 6.82. The number of carbonyl (C=O) groups is 1. The monoisotopic (exact) mass is 360 g/mol. The van der Waals surface area contributed by atoms with Crippen molar-refractivity contribution in [3.05, 3.63) is 54.1 Å². The molecule has 0 aliphatic carbocycles. The molecule has 2 aliphatic heterocycles. The van der Waals surface area contributed by atoms with Crippen LogP contribution in [0.2, 0.25) is 0 Å². The number of nitrogens with one attached hydrogen (secondary N) is 1. The minimum atomic E-state index is 0.148. The summed E-state index contributed by atoms with van der Waals surface area (Å²) in [5.41, 5.74) is 3.75. The fourth-order valence-corrected chi connectivity index (χ4v) is 4.47. The first kappa shape index (κ1) is 16.5. The van der Waals surface area contributed by atoms with E-state index in [1.807, 2.05) is 47.4 Å². The van der Waals surface area contributed by atoms with E-state index in [0.717, 1.165) is 47.2 Å². The zero-order valence-corrected chi connectivity index (χ0v) is 15.4. The summed E-state index contributed by atoms with van der Waals surface area (Å²) < 4.78 is 0. The van der Waals surface area contributed by atoms with Gasteiger partial charge in [-0.25, -0.2) is 0 Å². The van der Waals surface area contributed by atoms with Crippen LogP contribution in [0.15, 0.2) is 48.5 Å². The third-order valence-electron chi connectivity index (χ3n) is 5.98. The van der Waals surface area contributed by atoms with E-state index in [2.05, 4.69) is 21.2 Å². The summed E-state index contributed by atoms with van der Waals surface area (Å²) in [6.07, 6.45) is 3.70. The predicted octanol–water partition coefficient (Wildman–Crippen LogP) is 3.54. The zero-order valence-electron chi connectivity index (χ0n) is 15.4. The van der Waals surface area contributed by atoms with E-state index < -0.39 is 0 Å². The Bertz CT molecular complexity index is 956. The minimum absolute atomic E-state index is 0.148. The molecule has 138 valence electrons. The first-order valence-electron chi connectivity index (χ1n) is 9.86. The van der Waals surface area contributed by atoms with Gasteiger partial charge in [-0.2, -0.15) is 5.10 Å². The van der Waals surface area contributed by atoms with Crippen molar-refractivity contribution in [2.24, 2.45) is 0 Å². The van der Waals surface area contributed by atoms with Crippen molar-refractivity contribution in [1.82, 2.24) is 20.0 Å². The number of fused-ring (bicyclic) bond motifs is 1. The van der Waals surface area contributed by atoms with Gasteiger partial charge >= 0.3 is 0 Å². The lowest BCUT2D eigenvalue weighted by Gasteiger charge is -2.23. The lowest BCUT2D eigenvalue weighted by molar-refractivity contribution is 0.0780. The average molecular weight is 360 g/mol. The molecule has 0 saturated carbocycles. The number of aromatic nitrogens is 2. The maximum absolute atomic E-state index is 12.9. The maximum atomic E-state index is 12.9. The van der Waals surface area contributed by atoms with Gasteiger partial charge in [0.05, 0.1) is 11.2 Å². The molecular formula is C22H24N4O. The molecule has 0 spiro atoms. The Morgan fingerprint density at radius 1 is 1.00 bits per heavy atom. The summed E-state index contributed by atoms with van der Waals surface area (Å²) >= 11 is 0. The topological polar surface area (TPSA) is 52.2 Å². The van der Waals surface area contributed by atoms with E-state index in [0.29, 0.717) is 6.04 Å². The molecule has 3 heterocycles. The van der Waals surface area contributed by atoms with E-state index in [9.17, 15) is 4.79 Å². The van der Waals surface area contributed by atoms with Crippen molar-refractivity contribution in [1.29, 1.82) is 0 Å². The number of amides is 1. The number of rotatable bonds is 3. The number of H-pyrrole nitrogens is 1.